The van der Waals surface area contributed by atoms with E-state index in [1.807, 2.05) is 24.8 Å². The van der Waals surface area contributed by atoms with Crippen LogP contribution in [0, 0.1) is 31.5 Å². The maximum Gasteiger partial charge on any atom is 0.253 e. The molecular formula is C20H26ClFN4O. The second-order valence-corrected chi connectivity index (χ2v) is 7.55. The van der Waals surface area contributed by atoms with Gasteiger partial charge in [-0.3, -0.25) is 4.79 Å². The van der Waals surface area contributed by atoms with Crippen LogP contribution in [-0.4, -0.2) is 46.8 Å². The smallest absolute Gasteiger partial charge is 0.253 e. The van der Waals surface area contributed by atoms with E-state index in [9.17, 15) is 9.18 Å². The van der Waals surface area contributed by atoms with Crippen LogP contribution in [-0.2, 0) is 0 Å². The Morgan fingerprint density at radius 3 is 2.37 bits per heavy atom. The number of rotatable bonds is 2. The van der Waals surface area contributed by atoms with Crippen molar-refractivity contribution in [2.75, 3.05) is 26.2 Å². The highest BCUT2D eigenvalue weighted by Crippen LogP contribution is 2.28. The molecule has 1 aromatic heterocycles. The van der Waals surface area contributed by atoms with Crippen LogP contribution in [0.25, 0.3) is 5.69 Å². The highest BCUT2D eigenvalue weighted by atomic mass is 35.5. The first-order chi connectivity index (χ1) is 12.5. The quantitative estimate of drug-likeness (QED) is 0.854. The first kappa shape index (κ1) is 19.8. The molecule has 0 bridgehead atoms. The molecule has 5 nitrogen and oxygen atoms in total. The normalized spacial score (nSPS) is 22.1. The number of carbonyl (C=O) groups excluding carboxylic acids is 1. The molecule has 2 saturated heterocycles. The van der Waals surface area contributed by atoms with Gasteiger partial charge in [-0.1, -0.05) is 0 Å². The lowest BCUT2D eigenvalue weighted by Crippen LogP contribution is -2.32. The molecular weight excluding hydrogens is 367 g/mol. The van der Waals surface area contributed by atoms with Crippen LogP contribution in [0.3, 0.4) is 0 Å². The number of fused-ring (bicyclic) bond motifs is 1. The zero-order valence-corrected chi connectivity index (χ0v) is 16.6. The molecule has 2 fully saturated rings. The van der Waals surface area contributed by atoms with Gasteiger partial charge in [-0.25, -0.2) is 9.07 Å². The molecule has 1 N–H and O–H groups in total. The summed E-state index contributed by atoms with van der Waals surface area (Å²) >= 11 is 0. The number of carbonyl (C=O) groups is 1. The van der Waals surface area contributed by atoms with Crippen LogP contribution < -0.4 is 5.32 Å². The molecule has 0 radical (unpaired) electrons. The molecule has 0 saturated carbocycles. The zero-order chi connectivity index (χ0) is 18.3. The van der Waals surface area contributed by atoms with E-state index < -0.39 is 5.82 Å². The first-order valence-corrected chi connectivity index (χ1v) is 9.36. The van der Waals surface area contributed by atoms with Crippen molar-refractivity contribution in [3.05, 3.63) is 47.0 Å². The van der Waals surface area contributed by atoms with Crippen molar-refractivity contribution in [3.8, 4) is 5.69 Å². The molecule has 2 atom stereocenters. The maximum atomic E-state index is 14.7. The molecule has 27 heavy (non-hydrogen) atoms. The average molecular weight is 393 g/mol. The molecule has 3 heterocycles. The van der Waals surface area contributed by atoms with Gasteiger partial charge in [-0.2, -0.15) is 5.10 Å². The van der Waals surface area contributed by atoms with Crippen molar-refractivity contribution in [1.29, 1.82) is 0 Å². The Balaban J connectivity index is 0.00000210. The largest absolute Gasteiger partial charge is 0.339 e. The minimum Gasteiger partial charge on any atom is -0.339 e. The van der Waals surface area contributed by atoms with Gasteiger partial charge in [0.1, 0.15) is 11.5 Å². The van der Waals surface area contributed by atoms with Crippen LogP contribution in [0.15, 0.2) is 24.3 Å². The Kier molecular flexibility index (Phi) is 5.86. The molecule has 2 aliphatic rings. The van der Waals surface area contributed by atoms with Crippen LogP contribution >= 0.6 is 12.4 Å². The van der Waals surface area contributed by atoms with E-state index in [0.29, 0.717) is 23.1 Å². The first-order valence-electron chi connectivity index (χ1n) is 9.36. The number of aromatic nitrogens is 2. The van der Waals surface area contributed by atoms with Crippen LogP contribution in [0.5, 0.6) is 0 Å². The van der Waals surface area contributed by atoms with Gasteiger partial charge < -0.3 is 10.2 Å². The number of nitrogens with one attached hydrogen (secondary N) is 1. The number of amides is 1. The van der Waals surface area contributed by atoms with E-state index in [4.69, 9.17) is 0 Å². The van der Waals surface area contributed by atoms with Gasteiger partial charge in [0.25, 0.3) is 5.91 Å². The Bertz CT molecular complexity index is 823. The fraction of sp³-hybridized carbons (Fsp3) is 0.500. The third kappa shape index (κ3) is 3.87. The number of nitrogens with zero attached hydrogens (tertiary/aromatic N) is 3. The van der Waals surface area contributed by atoms with Gasteiger partial charge >= 0.3 is 0 Å². The number of likely N-dealkylation sites (tertiary alicyclic amines) is 1. The van der Waals surface area contributed by atoms with Gasteiger partial charge in [-0.15, -0.1) is 12.4 Å². The van der Waals surface area contributed by atoms with Crippen molar-refractivity contribution in [1.82, 2.24) is 20.0 Å². The Morgan fingerprint density at radius 1 is 1.15 bits per heavy atom. The minimum absolute atomic E-state index is 0. The third-order valence-electron chi connectivity index (χ3n) is 5.74. The molecule has 7 heteroatoms. The van der Waals surface area contributed by atoms with Gasteiger partial charge in [0.05, 0.1) is 5.69 Å². The van der Waals surface area contributed by atoms with Crippen molar-refractivity contribution >= 4 is 18.3 Å². The van der Waals surface area contributed by atoms with E-state index in [1.54, 1.807) is 16.8 Å². The summed E-state index contributed by atoms with van der Waals surface area (Å²) in [5.41, 5.74) is 2.50. The summed E-state index contributed by atoms with van der Waals surface area (Å²) in [5, 5.41) is 7.77. The summed E-state index contributed by atoms with van der Waals surface area (Å²) in [7, 11) is 0. The van der Waals surface area contributed by atoms with Crippen LogP contribution in [0.2, 0.25) is 0 Å². The molecule has 146 valence electrons. The predicted octanol–water partition coefficient (Wildman–Crippen LogP) is 3.12. The lowest BCUT2D eigenvalue weighted by Gasteiger charge is -2.21. The molecule has 2 aromatic rings. The van der Waals surface area contributed by atoms with Crippen LogP contribution in [0.1, 0.15) is 34.6 Å². The third-order valence-corrected chi connectivity index (χ3v) is 5.74. The van der Waals surface area contributed by atoms with E-state index >= 15 is 0 Å². The van der Waals surface area contributed by atoms with Gasteiger partial charge in [0.15, 0.2) is 0 Å². The van der Waals surface area contributed by atoms with Crippen LogP contribution in [0.4, 0.5) is 4.39 Å². The Morgan fingerprint density at radius 2 is 1.81 bits per heavy atom. The standard InChI is InChI=1S/C20H25FN4O.ClH/c1-13-9-14(2)25(23-13)19-4-3-15(10-18(19)21)20(26)24-7-5-16-11-22-12-17(16)6-8-24;/h3-4,9-10,16-17,22H,5-8,11-12H2,1-2H3;1H/t16-,17+;. The van der Waals surface area contributed by atoms with Crippen molar-refractivity contribution in [2.45, 2.75) is 26.7 Å². The van der Waals surface area contributed by atoms with Crippen molar-refractivity contribution in [3.63, 3.8) is 0 Å². The summed E-state index contributed by atoms with van der Waals surface area (Å²) in [5.74, 6) is 0.838. The second-order valence-electron chi connectivity index (χ2n) is 7.55. The molecule has 4 rings (SSSR count). The predicted molar refractivity (Wildman–Crippen MR) is 105 cm³/mol. The molecule has 1 amide bonds. The number of aryl methyl sites for hydroxylation is 2. The molecule has 0 unspecified atom stereocenters. The molecule has 1 aromatic carbocycles. The van der Waals surface area contributed by atoms with Gasteiger partial charge in [0, 0.05) is 24.3 Å². The van der Waals surface area contributed by atoms with Gasteiger partial charge in [-0.05, 0) is 75.9 Å². The molecule has 0 aliphatic carbocycles. The summed E-state index contributed by atoms with van der Waals surface area (Å²) in [6.45, 7) is 7.38. The fourth-order valence-corrected chi connectivity index (χ4v) is 4.29. The molecule has 2 aliphatic heterocycles. The fourth-order valence-electron chi connectivity index (χ4n) is 4.29. The molecule has 0 spiro atoms. The number of hydrogen-bond donors (Lipinski definition) is 1. The van der Waals surface area contributed by atoms with Gasteiger partial charge in [0.2, 0.25) is 0 Å². The topological polar surface area (TPSA) is 50.2 Å². The highest BCUT2D eigenvalue weighted by molar-refractivity contribution is 5.94. The summed E-state index contributed by atoms with van der Waals surface area (Å²) in [4.78, 5) is 14.7. The van der Waals surface area contributed by atoms with Crippen molar-refractivity contribution < 1.29 is 9.18 Å². The Hall–Kier alpha value is -1.92. The van der Waals surface area contributed by atoms with Crippen molar-refractivity contribution in [2.24, 2.45) is 11.8 Å². The zero-order valence-electron chi connectivity index (χ0n) is 15.7. The Labute approximate surface area is 165 Å². The lowest BCUT2D eigenvalue weighted by molar-refractivity contribution is 0.0758. The average Bonchev–Trinajstić information content (AvgIpc) is 3.14. The monoisotopic (exact) mass is 392 g/mol. The number of benzene rings is 1. The number of hydrogen-bond acceptors (Lipinski definition) is 3. The van der Waals surface area contributed by atoms with E-state index in [1.165, 1.54) is 6.07 Å². The summed E-state index contributed by atoms with van der Waals surface area (Å²) in [6.07, 6.45) is 2.05. The lowest BCUT2D eigenvalue weighted by atomic mass is 9.92. The van der Waals surface area contributed by atoms with E-state index in [0.717, 1.165) is 50.4 Å². The highest BCUT2D eigenvalue weighted by Gasteiger charge is 2.31. The maximum absolute atomic E-state index is 14.7. The van der Waals surface area contributed by atoms with E-state index in [2.05, 4.69) is 10.4 Å². The summed E-state index contributed by atoms with van der Waals surface area (Å²) < 4.78 is 16.3. The SMILES string of the molecule is Cc1cc(C)n(-c2ccc(C(=O)N3CC[C@@H]4CNC[C@@H]4CC3)cc2F)n1.Cl. The summed E-state index contributed by atoms with van der Waals surface area (Å²) in [6, 6.07) is 6.62. The van der Waals surface area contributed by atoms with E-state index in [-0.39, 0.29) is 18.3 Å². The second kappa shape index (κ2) is 7.98. The number of halogens is 2. The minimum atomic E-state index is -0.419.